The van der Waals surface area contributed by atoms with Gasteiger partial charge in [-0.2, -0.15) is 0 Å². The summed E-state index contributed by atoms with van der Waals surface area (Å²) in [6, 6.07) is 7.65. The number of carboxylic acid groups (broad SMARTS) is 1. The van der Waals surface area contributed by atoms with Crippen LogP contribution in [0.25, 0.3) is 11.3 Å². The summed E-state index contributed by atoms with van der Waals surface area (Å²) in [5, 5.41) is 17.5. The number of nitrogens with zero attached hydrogens (tertiary/aromatic N) is 4. The predicted octanol–water partition coefficient (Wildman–Crippen LogP) is 1.84. The molecule has 0 unspecified atom stereocenters. The van der Waals surface area contributed by atoms with Crippen molar-refractivity contribution in [2.45, 2.75) is 12.8 Å². The topological polar surface area (TPSA) is 79.2 Å². The Hall–Kier alpha value is -2.50. The van der Waals surface area contributed by atoms with Crippen LogP contribution in [0.2, 0.25) is 0 Å². The lowest BCUT2D eigenvalue weighted by Gasteiger charge is -2.30. The number of aliphatic carboxylic acids is 1. The van der Waals surface area contributed by atoms with Crippen LogP contribution in [0.3, 0.4) is 0 Å². The Morgan fingerprint density at radius 3 is 2.38 bits per heavy atom. The molecule has 6 nitrogen and oxygen atoms in total. The summed E-state index contributed by atoms with van der Waals surface area (Å²) in [4.78, 5) is 17.0. The Labute approximate surface area is 122 Å². The molecule has 3 rings (SSSR count). The summed E-state index contributed by atoms with van der Waals surface area (Å²) in [7, 11) is 0. The van der Waals surface area contributed by atoms with Gasteiger partial charge in [-0.05, 0) is 37.1 Å². The van der Waals surface area contributed by atoms with Crippen LogP contribution in [0.1, 0.15) is 12.8 Å². The van der Waals surface area contributed by atoms with Crippen LogP contribution in [0.5, 0.6) is 0 Å². The third-order valence-corrected chi connectivity index (χ3v) is 3.79. The maximum atomic E-state index is 10.9. The van der Waals surface area contributed by atoms with E-state index in [1.54, 1.807) is 12.4 Å². The maximum absolute atomic E-state index is 10.9. The Kier molecular flexibility index (Phi) is 3.77. The van der Waals surface area contributed by atoms with Crippen LogP contribution in [-0.2, 0) is 4.79 Å². The molecule has 1 saturated heterocycles. The molecule has 21 heavy (non-hydrogen) atoms. The Morgan fingerprint density at radius 1 is 1.10 bits per heavy atom. The SMILES string of the molecule is O=C(O)C1CCN(c2ccc(-c3ccncc3)nn2)CC1. The molecule has 0 aromatic carbocycles. The molecule has 6 heteroatoms. The van der Waals surface area contributed by atoms with Gasteiger partial charge in [0.2, 0.25) is 0 Å². The zero-order chi connectivity index (χ0) is 14.7. The van der Waals surface area contributed by atoms with E-state index in [-0.39, 0.29) is 5.92 Å². The number of hydrogen-bond donors (Lipinski definition) is 1. The van der Waals surface area contributed by atoms with Crippen molar-refractivity contribution in [2.75, 3.05) is 18.0 Å². The van der Waals surface area contributed by atoms with Gasteiger partial charge in [0.05, 0.1) is 11.6 Å². The minimum Gasteiger partial charge on any atom is -0.481 e. The van der Waals surface area contributed by atoms with E-state index >= 15 is 0 Å². The number of rotatable bonds is 3. The van der Waals surface area contributed by atoms with E-state index in [0.29, 0.717) is 25.9 Å². The molecule has 0 aliphatic carbocycles. The van der Waals surface area contributed by atoms with Gasteiger partial charge in [-0.25, -0.2) is 0 Å². The third-order valence-electron chi connectivity index (χ3n) is 3.79. The van der Waals surface area contributed by atoms with Crippen LogP contribution in [0, 0.1) is 5.92 Å². The van der Waals surface area contributed by atoms with E-state index in [1.165, 1.54) is 0 Å². The lowest BCUT2D eigenvalue weighted by atomic mass is 9.97. The van der Waals surface area contributed by atoms with Crippen molar-refractivity contribution in [2.24, 2.45) is 5.92 Å². The standard InChI is InChI=1S/C15H16N4O2/c20-15(21)12-5-9-19(10-6-12)14-2-1-13(17-18-14)11-3-7-16-8-4-11/h1-4,7-8,12H,5-6,9-10H2,(H,20,21). The summed E-state index contributed by atoms with van der Waals surface area (Å²) in [5.74, 6) is -0.129. The molecular weight excluding hydrogens is 268 g/mol. The first-order valence-electron chi connectivity index (χ1n) is 6.96. The van der Waals surface area contributed by atoms with Crippen LogP contribution < -0.4 is 4.90 Å². The molecule has 108 valence electrons. The molecule has 0 atom stereocenters. The lowest BCUT2D eigenvalue weighted by Crippen LogP contribution is -2.36. The number of aromatic nitrogens is 3. The highest BCUT2D eigenvalue weighted by molar-refractivity contribution is 5.70. The molecule has 1 N–H and O–H groups in total. The van der Waals surface area contributed by atoms with Crippen molar-refractivity contribution in [1.82, 2.24) is 15.2 Å². The van der Waals surface area contributed by atoms with E-state index in [9.17, 15) is 4.79 Å². The molecule has 0 amide bonds. The number of hydrogen-bond acceptors (Lipinski definition) is 5. The highest BCUT2D eigenvalue weighted by Gasteiger charge is 2.25. The molecule has 3 heterocycles. The number of carbonyl (C=O) groups is 1. The van der Waals surface area contributed by atoms with Gasteiger partial charge in [-0.15, -0.1) is 10.2 Å². The molecule has 0 radical (unpaired) electrons. The van der Waals surface area contributed by atoms with Gasteiger partial charge < -0.3 is 10.0 Å². The largest absolute Gasteiger partial charge is 0.481 e. The van der Waals surface area contributed by atoms with E-state index < -0.39 is 5.97 Å². The van der Waals surface area contributed by atoms with Gasteiger partial charge in [-0.3, -0.25) is 9.78 Å². The number of piperidine rings is 1. The van der Waals surface area contributed by atoms with E-state index in [1.807, 2.05) is 24.3 Å². The minimum atomic E-state index is -0.700. The highest BCUT2D eigenvalue weighted by atomic mass is 16.4. The first-order chi connectivity index (χ1) is 10.2. The van der Waals surface area contributed by atoms with Crippen LogP contribution >= 0.6 is 0 Å². The van der Waals surface area contributed by atoms with Crippen LogP contribution in [0.15, 0.2) is 36.7 Å². The second-order valence-corrected chi connectivity index (χ2v) is 5.11. The van der Waals surface area contributed by atoms with E-state index in [2.05, 4.69) is 20.1 Å². The van der Waals surface area contributed by atoms with E-state index in [4.69, 9.17) is 5.11 Å². The third kappa shape index (κ3) is 2.99. The molecule has 1 aliphatic heterocycles. The monoisotopic (exact) mass is 284 g/mol. The van der Waals surface area contributed by atoms with Gasteiger partial charge in [0, 0.05) is 31.0 Å². The molecule has 2 aromatic heterocycles. The number of carboxylic acids is 1. The second kappa shape index (κ2) is 5.87. The molecule has 0 saturated carbocycles. The second-order valence-electron chi connectivity index (χ2n) is 5.11. The zero-order valence-corrected chi connectivity index (χ0v) is 11.5. The molecule has 0 bridgehead atoms. The Morgan fingerprint density at radius 2 is 1.81 bits per heavy atom. The van der Waals surface area contributed by atoms with Gasteiger partial charge >= 0.3 is 5.97 Å². The van der Waals surface area contributed by atoms with Crippen LogP contribution in [0.4, 0.5) is 5.82 Å². The summed E-state index contributed by atoms with van der Waals surface area (Å²) >= 11 is 0. The summed E-state index contributed by atoms with van der Waals surface area (Å²) in [6.45, 7) is 1.42. The average Bonchev–Trinajstić information content (AvgIpc) is 2.56. The van der Waals surface area contributed by atoms with Crippen molar-refractivity contribution in [3.05, 3.63) is 36.7 Å². The van der Waals surface area contributed by atoms with Crippen molar-refractivity contribution < 1.29 is 9.90 Å². The van der Waals surface area contributed by atoms with Gasteiger partial charge in [0.1, 0.15) is 0 Å². The number of anilines is 1. The zero-order valence-electron chi connectivity index (χ0n) is 11.5. The minimum absolute atomic E-state index is 0.231. The molecular formula is C15H16N4O2. The fourth-order valence-corrected chi connectivity index (χ4v) is 2.53. The summed E-state index contributed by atoms with van der Waals surface area (Å²) in [6.07, 6.45) is 4.76. The van der Waals surface area contributed by atoms with Gasteiger partial charge in [0.25, 0.3) is 0 Å². The maximum Gasteiger partial charge on any atom is 0.306 e. The first kappa shape index (κ1) is 13.5. The molecule has 1 aliphatic rings. The molecule has 1 fully saturated rings. The Balaban J connectivity index is 1.69. The van der Waals surface area contributed by atoms with Crippen LogP contribution in [-0.4, -0.2) is 39.3 Å². The quantitative estimate of drug-likeness (QED) is 0.926. The smallest absolute Gasteiger partial charge is 0.306 e. The normalized spacial score (nSPS) is 15.9. The first-order valence-corrected chi connectivity index (χ1v) is 6.96. The van der Waals surface area contributed by atoms with Crippen molar-refractivity contribution >= 4 is 11.8 Å². The molecule has 2 aromatic rings. The highest BCUT2D eigenvalue weighted by Crippen LogP contribution is 2.23. The fraction of sp³-hybridized carbons (Fsp3) is 0.333. The number of pyridine rings is 1. The molecule has 0 spiro atoms. The lowest BCUT2D eigenvalue weighted by molar-refractivity contribution is -0.142. The van der Waals surface area contributed by atoms with Crippen molar-refractivity contribution in [1.29, 1.82) is 0 Å². The summed E-state index contributed by atoms with van der Waals surface area (Å²) in [5.41, 5.74) is 1.79. The van der Waals surface area contributed by atoms with Crippen molar-refractivity contribution in [3.8, 4) is 11.3 Å². The van der Waals surface area contributed by atoms with Crippen molar-refractivity contribution in [3.63, 3.8) is 0 Å². The predicted molar refractivity (Wildman–Crippen MR) is 77.8 cm³/mol. The average molecular weight is 284 g/mol. The van der Waals surface area contributed by atoms with E-state index in [0.717, 1.165) is 17.1 Å². The summed E-state index contributed by atoms with van der Waals surface area (Å²) < 4.78 is 0. The fourth-order valence-electron chi connectivity index (χ4n) is 2.53. The van der Waals surface area contributed by atoms with Gasteiger partial charge in [-0.1, -0.05) is 0 Å². The Bertz CT molecular complexity index is 607. The van der Waals surface area contributed by atoms with Gasteiger partial charge in [0.15, 0.2) is 5.82 Å².